The number of hydrogen-bond donors (Lipinski definition) is 1. The first-order chi connectivity index (χ1) is 8.18. The molecule has 0 aliphatic rings. The second-order valence-corrected chi connectivity index (χ2v) is 4.71. The number of aromatic nitrogens is 2. The van der Waals surface area contributed by atoms with Crippen molar-refractivity contribution in [3.05, 3.63) is 40.1 Å². The highest BCUT2D eigenvalue weighted by Crippen LogP contribution is 2.13. The van der Waals surface area contributed by atoms with Gasteiger partial charge in [-0.2, -0.15) is 11.3 Å². The number of nitrogens with one attached hydrogen (secondary N) is 1. The molecule has 90 valence electrons. The van der Waals surface area contributed by atoms with Gasteiger partial charge in [0.2, 0.25) is 0 Å². The third kappa shape index (κ3) is 2.74. The van der Waals surface area contributed by atoms with E-state index >= 15 is 0 Å². The molecule has 4 nitrogen and oxygen atoms in total. The summed E-state index contributed by atoms with van der Waals surface area (Å²) in [5.41, 5.74) is 2.93. The number of amides is 1. The van der Waals surface area contributed by atoms with Crippen molar-refractivity contribution in [2.75, 3.05) is 6.54 Å². The van der Waals surface area contributed by atoms with Crippen LogP contribution in [0.25, 0.3) is 0 Å². The molecule has 0 atom stereocenters. The molecule has 0 unspecified atom stereocenters. The number of nitrogens with zero attached hydrogens (tertiary/aromatic N) is 2. The minimum Gasteiger partial charge on any atom is -0.352 e. The highest BCUT2D eigenvalue weighted by molar-refractivity contribution is 7.08. The van der Waals surface area contributed by atoms with Crippen LogP contribution in [-0.2, 0) is 13.5 Å². The Bertz CT molecular complexity index is 515. The third-order valence-electron chi connectivity index (χ3n) is 2.68. The molecule has 0 aliphatic carbocycles. The summed E-state index contributed by atoms with van der Waals surface area (Å²) in [6.07, 6.45) is 4.38. The Kier molecular flexibility index (Phi) is 3.58. The molecule has 0 saturated carbocycles. The van der Waals surface area contributed by atoms with E-state index in [0.29, 0.717) is 6.54 Å². The lowest BCUT2D eigenvalue weighted by Crippen LogP contribution is -2.26. The van der Waals surface area contributed by atoms with E-state index in [1.807, 2.05) is 35.5 Å². The number of aryl methyl sites for hydroxylation is 2. The number of thiophene rings is 1. The minimum atomic E-state index is 0.00548. The van der Waals surface area contributed by atoms with Gasteiger partial charge in [0, 0.05) is 37.3 Å². The van der Waals surface area contributed by atoms with Crippen LogP contribution < -0.4 is 5.32 Å². The molecule has 1 amide bonds. The summed E-state index contributed by atoms with van der Waals surface area (Å²) in [4.78, 5) is 15.8. The van der Waals surface area contributed by atoms with Gasteiger partial charge in [-0.05, 0) is 17.9 Å². The fourth-order valence-electron chi connectivity index (χ4n) is 1.62. The van der Waals surface area contributed by atoms with E-state index in [9.17, 15) is 4.79 Å². The maximum Gasteiger partial charge on any atom is 0.252 e. The molecular weight excluding hydrogens is 234 g/mol. The van der Waals surface area contributed by atoms with E-state index in [1.54, 1.807) is 17.7 Å². The number of imidazole rings is 1. The fourth-order valence-corrected chi connectivity index (χ4v) is 2.45. The van der Waals surface area contributed by atoms with Gasteiger partial charge in [-0.15, -0.1) is 0 Å². The molecular formula is C12H15N3OS. The van der Waals surface area contributed by atoms with Gasteiger partial charge >= 0.3 is 0 Å². The van der Waals surface area contributed by atoms with Crippen LogP contribution >= 0.6 is 11.3 Å². The molecule has 0 spiro atoms. The quantitative estimate of drug-likeness (QED) is 0.897. The maximum absolute atomic E-state index is 11.8. The Labute approximate surface area is 104 Å². The molecule has 5 heteroatoms. The van der Waals surface area contributed by atoms with E-state index in [4.69, 9.17) is 0 Å². The summed E-state index contributed by atoms with van der Waals surface area (Å²) in [5, 5.41) is 6.78. The van der Waals surface area contributed by atoms with E-state index < -0.39 is 0 Å². The largest absolute Gasteiger partial charge is 0.352 e. The molecule has 0 aliphatic heterocycles. The van der Waals surface area contributed by atoms with Crippen LogP contribution in [0.5, 0.6) is 0 Å². The van der Waals surface area contributed by atoms with Gasteiger partial charge < -0.3 is 9.88 Å². The smallest absolute Gasteiger partial charge is 0.252 e. The third-order valence-corrected chi connectivity index (χ3v) is 3.54. The Hall–Kier alpha value is -1.62. The molecule has 0 radical (unpaired) electrons. The molecule has 1 N–H and O–H groups in total. The standard InChI is InChI=1S/C12H15N3OS/c1-9-6-17-7-11(9)12(16)14-4-3-10-5-13-8-15(10)2/h5-8H,3-4H2,1-2H3,(H,14,16). The predicted octanol–water partition coefficient (Wildman–Crippen LogP) is 1.76. The van der Waals surface area contributed by atoms with Gasteiger partial charge in [0.15, 0.2) is 0 Å². The number of carbonyl (C=O) groups excluding carboxylic acids is 1. The Morgan fingerprint density at radius 1 is 1.53 bits per heavy atom. The lowest BCUT2D eigenvalue weighted by Gasteiger charge is -2.05. The van der Waals surface area contributed by atoms with Crippen molar-refractivity contribution in [2.45, 2.75) is 13.3 Å². The molecule has 0 bridgehead atoms. The highest BCUT2D eigenvalue weighted by atomic mass is 32.1. The van der Waals surface area contributed by atoms with Crippen LogP contribution in [0.4, 0.5) is 0 Å². The van der Waals surface area contributed by atoms with Gasteiger partial charge in [-0.3, -0.25) is 4.79 Å². The lowest BCUT2D eigenvalue weighted by atomic mass is 10.2. The first-order valence-corrected chi connectivity index (χ1v) is 6.39. The van der Waals surface area contributed by atoms with Crippen LogP contribution in [0.3, 0.4) is 0 Å². The van der Waals surface area contributed by atoms with Gasteiger partial charge in [-0.25, -0.2) is 4.98 Å². The summed E-state index contributed by atoms with van der Waals surface area (Å²) in [5.74, 6) is 0.00548. The normalized spacial score (nSPS) is 10.5. The second kappa shape index (κ2) is 5.14. The van der Waals surface area contributed by atoms with Crippen molar-refractivity contribution in [2.24, 2.45) is 7.05 Å². The molecule has 0 fully saturated rings. The molecule has 0 saturated heterocycles. The number of rotatable bonds is 4. The predicted molar refractivity (Wildman–Crippen MR) is 68.3 cm³/mol. The first-order valence-electron chi connectivity index (χ1n) is 5.44. The monoisotopic (exact) mass is 249 g/mol. The zero-order valence-corrected chi connectivity index (χ0v) is 10.8. The van der Waals surface area contributed by atoms with Crippen molar-refractivity contribution >= 4 is 17.2 Å². The summed E-state index contributed by atoms with van der Waals surface area (Å²) >= 11 is 1.55. The van der Waals surface area contributed by atoms with Crippen molar-refractivity contribution in [1.82, 2.24) is 14.9 Å². The summed E-state index contributed by atoms with van der Waals surface area (Å²) in [6, 6.07) is 0. The van der Waals surface area contributed by atoms with E-state index in [-0.39, 0.29) is 5.91 Å². The van der Waals surface area contributed by atoms with Crippen LogP contribution in [0.1, 0.15) is 21.6 Å². The van der Waals surface area contributed by atoms with Crippen LogP contribution in [0, 0.1) is 6.92 Å². The van der Waals surface area contributed by atoms with Crippen molar-refractivity contribution < 1.29 is 4.79 Å². The van der Waals surface area contributed by atoms with Crippen LogP contribution in [0.15, 0.2) is 23.3 Å². The van der Waals surface area contributed by atoms with Gasteiger partial charge in [0.05, 0.1) is 11.9 Å². The van der Waals surface area contributed by atoms with E-state index in [0.717, 1.165) is 23.2 Å². The average Bonchev–Trinajstić information content (AvgIpc) is 2.88. The zero-order valence-electron chi connectivity index (χ0n) is 9.93. The topological polar surface area (TPSA) is 46.9 Å². The summed E-state index contributed by atoms with van der Waals surface area (Å²) < 4.78 is 1.96. The van der Waals surface area contributed by atoms with E-state index in [1.165, 1.54) is 0 Å². The molecule has 0 aromatic carbocycles. The first kappa shape index (κ1) is 11.9. The Balaban J connectivity index is 1.86. The van der Waals surface area contributed by atoms with Gasteiger partial charge in [-0.1, -0.05) is 0 Å². The number of carbonyl (C=O) groups is 1. The second-order valence-electron chi connectivity index (χ2n) is 3.97. The van der Waals surface area contributed by atoms with Crippen LogP contribution in [0.2, 0.25) is 0 Å². The highest BCUT2D eigenvalue weighted by Gasteiger charge is 2.09. The van der Waals surface area contributed by atoms with Crippen molar-refractivity contribution in [1.29, 1.82) is 0 Å². The van der Waals surface area contributed by atoms with Crippen molar-refractivity contribution in [3.63, 3.8) is 0 Å². The molecule has 2 aromatic rings. The SMILES string of the molecule is Cc1cscc1C(=O)NCCc1cncn1C. The Morgan fingerprint density at radius 3 is 2.94 bits per heavy atom. The average molecular weight is 249 g/mol. The maximum atomic E-state index is 11.8. The Morgan fingerprint density at radius 2 is 2.35 bits per heavy atom. The van der Waals surface area contributed by atoms with E-state index in [2.05, 4.69) is 10.3 Å². The van der Waals surface area contributed by atoms with Gasteiger partial charge in [0.1, 0.15) is 0 Å². The summed E-state index contributed by atoms with van der Waals surface area (Å²) in [6.45, 7) is 2.58. The van der Waals surface area contributed by atoms with Gasteiger partial charge in [0.25, 0.3) is 5.91 Å². The van der Waals surface area contributed by atoms with Crippen molar-refractivity contribution in [3.8, 4) is 0 Å². The molecule has 2 heterocycles. The molecule has 17 heavy (non-hydrogen) atoms. The fraction of sp³-hybridized carbons (Fsp3) is 0.333. The minimum absolute atomic E-state index is 0.00548. The zero-order chi connectivity index (χ0) is 12.3. The van der Waals surface area contributed by atoms with Crippen LogP contribution in [-0.4, -0.2) is 22.0 Å². The lowest BCUT2D eigenvalue weighted by molar-refractivity contribution is 0.0954. The molecule has 2 aromatic heterocycles. The molecule has 2 rings (SSSR count). The summed E-state index contributed by atoms with van der Waals surface area (Å²) in [7, 11) is 1.95. The number of hydrogen-bond acceptors (Lipinski definition) is 3.